The number of hydrogen-bond donors (Lipinski definition) is 4. The van der Waals surface area contributed by atoms with Crippen molar-refractivity contribution in [3.8, 4) is 6.07 Å². The average molecular weight is 462 g/mol. The Balaban J connectivity index is 1.93. The first kappa shape index (κ1) is 26.6. The molecule has 0 spiro atoms. The summed E-state index contributed by atoms with van der Waals surface area (Å²) in [7, 11) is -1.69. The van der Waals surface area contributed by atoms with E-state index in [-0.39, 0.29) is 17.9 Å². The van der Waals surface area contributed by atoms with Crippen LogP contribution in [0.1, 0.15) is 30.5 Å². The molecule has 0 aliphatic heterocycles. The SMILES string of the molecule is CCN(CC)C(=O)C(C#N)=Cc1cccc(CCNC(=O)NC(Cc2ccccc2)B(O)O)c1. The first-order valence-corrected chi connectivity index (χ1v) is 11.3. The van der Waals surface area contributed by atoms with Gasteiger partial charge in [-0.1, -0.05) is 54.6 Å². The predicted molar refractivity (Wildman–Crippen MR) is 132 cm³/mol. The molecule has 1 atom stereocenters. The van der Waals surface area contributed by atoms with E-state index in [2.05, 4.69) is 10.6 Å². The number of hydrogen-bond acceptors (Lipinski definition) is 5. The van der Waals surface area contributed by atoms with Crippen LogP contribution in [0.25, 0.3) is 6.08 Å². The van der Waals surface area contributed by atoms with Crippen molar-refractivity contribution in [2.75, 3.05) is 19.6 Å². The molecule has 0 aromatic heterocycles. The smallest absolute Gasteiger partial charge is 0.426 e. The van der Waals surface area contributed by atoms with E-state index in [1.165, 1.54) is 0 Å². The molecule has 0 heterocycles. The second kappa shape index (κ2) is 13.8. The molecular weight excluding hydrogens is 431 g/mol. The summed E-state index contributed by atoms with van der Waals surface area (Å²) in [5.74, 6) is -1.14. The van der Waals surface area contributed by atoms with Crippen molar-refractivity contribution in [2.24, 2.45) is 0 Å². The number of urea groups is 1. The predicted octanol–water partition coefficient (Wildman–Crippen LogP) is 1.93. The standard InChI is InChI=1S/C25H31BN4O4/c1-3-30(4-2)24(31)22(18-27)16-21-12-8-11-20(15-21)13-14-28-25(32)29-23(26(33)34)17-19-9-6-5-7-10-19/h5-12,15-16,23,33-34H,3-4,13-14,17H2,1-2H3,(H2,28,29,32). The Morgan fingerprint density at radius 3 is 2.38 bits per heavy atom. The van der Waals surface area contributed by atoms with E-state index in [0.717, 1.165) is 16.7 Å². The van der Waals surface area contributed by atoms with Gasteiger partial charge in [0.1, 0.15) is 11.6 Å². The molecule has 9 heteroatoms. The fourth-order valence-corrected chi connectivity index (χ4v) is 3.47. The second-order valence-electron chi connectivity index (χ2n) is 7.75. The van der Waals surface area contributed by atoms with Crippen LogP contribution in [0.5, 0.6) is 0 Å². The molecule has 0 saturated heterocycles. The first-order valence-electron chi connectivity index (χ1n) is 11.3. The quantitative estimate of drug-likeness (QED) is 0.231. The fraction of sp³-hybridized carbons (Fsp3) is 0.320. The van der Waals surface area contributed by atoms with Crippen LogP contribution in [0.2, 0.25) is 0 Å². The number of nitrogens with one attached hydrogen (secondary N) is 2. The Morgan fingerprint density at radius 1 is 1.09 bits per heavy atom. The van der Waals surface area contributed by atoms with Gasteiger partial charge in [0.2, 0.25) is 0 Å². The van der Waals surface area contributed by atoms with Crippen LogP contribution in [0.15, 0.2) is 60.2 Å². The minimum Gasteiger partial charge on any atom is -0.426 e. The molecule has 0 aliphatic carbocycles. The molecule has 0 bridgehead atoms. The number of amides is 3. The van der Waals surface area contributed by atoms with Crippen molar-refractivity contribution < 1.29 is 19.6 Å². The lowest BCUT2D eigenvalue weighted by molar-refractivity contribution is -0.126. The van der Waals surface area contributed by atoms with Crippen molar-refractivity contribution in [2.45, 2.75) is 32.6 Å². The molecule has 2 rings (SSSR count). The molecule has 2 aromatic carbocycles. The van der Waals surface area contributed by atoms with Gasteiger partial charge in [0.05, 0.1) is 5.94 Å². The third-order valence-corrected chi connectivity index (χ3v) is 5.34. The Morgan fingerprint density at radius 2 is 1.76 bits per heavy atom. The number of rotatable bonds is 11. The van der Waals surface area contributed by atoms with Gasteiger partial charge in [-0.3, -0.25) is 4.79 Å². The van der Waals surface area contributed by atoms with Gasteiger partial charge in [-0.2, -0.15) is 5.26 Å². The zero-order valence-corrected chi connectivity index (χ0v) is 19.6. The van der Waals surface area contributed by atoms with E-state index >= 15 is 0 Å². The highest BCUT2D eigenvalue weighted by Gasteiger charge is 2.25. The molecular formula is C25H31BN4O4. The normalized spacial score (nSPS) is 11.8. The molecule has 0 radical (unpaired) electrons. The summed E-state index contributed by atoms with van der Waals surface area (Å²) in [6, 6.07) is 18.1. The molecule has 34 heavy (non-hydrogen) atoms. The number of carbonyl (C=O) groups is 2. The number of likely N-dealkylation sites (N-methyl/N-ethyl adjacent to an activating group) is 1. The van der Waals surface area contributed by atoms with E-state index in [1.807, 2.05) is 74.5 Å². The Kier molecular flexibility index (Phi) is 10.8. The van der Waals surface area contributed by atoms with Crippen molar-refractivity contribution in [1.29, 1.82) is 5.26 Å². The Labute approximate surface area is 201 Å². The van der Waals surface area contributed by atoms with Gasteiger partial charge in [-0.25, -0.2) is 4.79 Å². The molecule has 0 aliphatic rings. The second-order valence-corrected chi connectivity index (χ2v) is 7.75. The lowest BCUT2D eigenvalue weighted by Crippen LogP contribution is -2.51. The van der Waals surface area contributed by atoms with Crippen LogP contribution in [0.4, 0.5) is 4.79 Å². The maximum atomic E-state index is 12.5. The molecule has 0 saturated carbocycles. The summed E-state index contributed by atoms with van der Waals surface area (Å²) in [6.45, 7) is 5.11. The van der Waals surface area contributed by atoms with Gasteiger partial charge in [-0.15, -0.1) is 0 Å². The highest BCUT2D eigenvalue weighted by Crippen LogP contribution is 2.12. The lowest BCUT2D eigenvalue weighted by Gasteiger charge is -2.18. The summed E-state index contributed by atoms with van der Waals surface area (Å²) in [5, 5.41) is 34.0. The Bertz CT molecular complexity index is 1020. The van der Waals surface area contributed by atoms with Gasteiger partial charge < -0.3 is 25.6 Å². The minimum absolute atomic E-state index is 0.0744. The highest BCUT2D eigenvalue weighted by atomic mass is 16.4. The monoisotopic (exact) mass is 462 g/mol. The van der Waals surface area contributed by atoms with Crippen LogP contribution in [0, 0.1) is 11.3 Å². The highest BCUT2D eigenvalue weighted by molar-refractivity contribution is 6.43. The molecule has 3 amide bonds. The minimum atomic E-state index is -1.69. The number of nitrogens with zero attached hydrogens (tertiary/aromatic N) is 2. The van der Waals surface area contributed by atoms with E-state index < -0.39 is 19.1 Å². The Hall–Kier alpha value is -3.61. The fourth-order valence-electron chi connectivity index (χ4n) is 3.47. The van der Waals surface area contributed by atoms with Crippen molar-refractivity contribution in [3.63, 3.8) is 0 Å². The molecule has 0 fully saturated rings. The lowest BCUT2D eigenvalue weighted by atomic mass is 9.76. The van der Waals surface area contributed by atoms with Gasteiger partial charge in [0.25, 0.3) is 5.91 Å². The largest absolute Gasteiger partial charge is 0.475 e. The topological polar surface area (TPSA) is 126 Å². The summed E-state index contributed by atoms with van der Waals surface area (Å²) in [4.78, 5) is 26.3. The van der Waals surface area contributed by atoms with Crippen molar-refractivity contribution in [3.05, 3.63) is 76.9 Å². The van der Waals surface area contributed by atoms with E-state index in [4.69, 9.17) is 0 Å². The number of carbonyl (C=O) groups excluding carboxylic acids is 2. The van der Waals surface area contributed by atoms with Gasteiger partial charge >= 0.3 is 13.1 Å². The molecule has 2 aromatic rings. The molecule has 1 unspecified atom stereocenters. The molecule has 178 valence electrons. The zero-order chi connectivity index (χ0) is 24.9. The third-order valence-electron chi connectivity index (χ3n) is 5.34. The van der Waals surface area contributed by atoms with Crippen LogP contribution < -0.4 is 10.6 Å². The maximum Gasteiger partial charge on any atom is 0.475 e. The summed E-state index contributed by atoms with van der Waals surface area (Å²) in [6.07, 6.45) is 2.38. The van der Waals surface area contributed by atoms with Crippen molar-refractivity contribution >= 4 is 25.1 Å². The van der Waals surface area contributed by atoms with Gasteiger partial charge in [0.15, 0.2) is 0 Å². The van der Waals surface area contributed by atoms with E-state index in [0.29, 0.717) is 26.1 Å². The number of nitriles is 1. The third kappa shape index (κ3) is 8.39. The van der Waals surface area contributed by atoms with Gasteiger partial charge in [0, 0.05) is 19.6 Å². The summed E-state index contributed by atoms with van der Waals surface area (Å²) < 4.78 is 0. The summed E-state index contributed by atoms with van der Waals surface area (Å²) in [5.41, 5.74) is 2.60. The zero-order valence-electron chi connectivity index (χ0n) is 19.6. The van der Waals surface area contributed by atoms with Crippen LogP contribution in [-0.2, 0) is 17.6 Å². The molecule has 4 N–H and O–H groups in total. The van der Waals surface area contributed by atoms with Crippen molar-refractivity contribution in [1.82, 2.24) is 15.5 Å². The summed E-state index contributed by atoms with van der Waals surface area (Å²) >= 11 is 0. The van der Waals surface area contributed by atoms with E-state index in [9.17, 15) is 24.9 Å². The van der Waals surface area contributed by atoms with Crippen LogP contribution in [0.3, 0.4) is 0 Å². The average Bonchev–Trinajstić information content (AvgIpc) is 2.83. The number of benzene rings is 2. The first-order chi connectivity index (χ1) is 16.4. The van der Waals surface area contributed by atoms with Crippen LogP contribution in [-0.4, -0.2) is 59.6 Å². The van der Waals surface area contributed by atoms with E-state index in [1.54, 1.807) is 11.0 Å². The van der Waals surface area contributed by atoms with Gasteiger partial charge in [-0.05, 0) is 49.5 Å². The molecule has 8 nitrogen and oxygen atoms in total. The maximum absolute atomic E-state index is 12.5. The van der Waals surface area contributed by atoms with Crippen LogP contribution >= 0.6 is 0 Å².